The van der Waals surface area contributed by atoms with Crippen LogP contribution in [0.15, 0.2) is 71.8 Å². The molecule has 6 heteroatoms. The van der Waals surface area contributed by atoms with Gasteiger partial charge in [-0.25, -0.2) is 0 Å². The van der Waals surface area contributed by atoms with Crippen molar-refractivity contribution in [2.75, 3.05) is 0 Å². The van der Waals surface area contributed by atoms with Gasteiger partial charge in [-0.3, -0.25) is 19.9 Å². The van der Waals surface area contributed by atoms with Crippen LogP contribution in [0, 0.1) is 0 Å². The lowest BCUT2D eigenvalue weighted by atomic mass is 10.0. The molecule has 1 fully saturated rings. The Labute approximate surface area is 194 Å². The highest BCUT2D eigenvalue weighted by molar-refractivity contribution is 8.18. The van der Waals surface area contributed by atoms with Gasteiger partial charge in [0.25, 0.3) is 11.1 Å². The molecule has 0 spiro atoms. The minimum atomic E-state index is -0.349. The lowest BCUT2D eigenvalue weighted by Crippen LogP contribution is -2.17. The van der Waals surface area contributed by atoms with Crippen LogP contribution in [0.3, 0.4) is 0 Å². The Bertz CT molecular complexity index is 1400. The number of carbonyl (C=O) groups is 2. The quantitative estimate of drug-likeness (QED) is 0.333. The van der Waals surface area contributed by atoms with Crippen LogP contribution in [-0.2, 0) is 4.79 Å². The Morgan fingerprint density at radius 3 is 2.59 bits per heavy atom. The van der Waals surface area contributed by atoms with Gasteiger partial charge in [-0.2, -0.15) is 0 Å². The van der Waals surface area contributed by atoms with E-state index in [1.54, 1.807) is 17.4 Å². The topological polar surface area (TPSA) is 59.1 Å². The summed E-state index contributed by atoms with van der Waals surface area (Å²) in [5, 5.41) is 2.98. The minimum Gasteiger partial charge on any atom is -0.282 e. The van der Waals surface area contributed by atoms with Gasteiger partial charge in [0.15, 0.2) is 0 Å². The zero-order chi connectivity index (χ0) is 22.2. The molecule has 5 rings (SSSR count). The van der Waals surface area contributed by atoms with Crippen molar-refractivity contribution < 1.29 is 9.59 Å². The number of thiophene rings is 1. The van der Waals surface area contributed by atoms with E-state index in [-0.39, 0.29) is 11.1 Å². The summed E-state index contributed by atoms with van der Waals surface area (Å²) in [5.41, 5.74) is 5.41. The maximum absolute atomic E-state index is 11.9. The summed E-state index contributed by atoms with van der Waals surface area (Å²) in [4.78, 5) is 30.7. The molecule has 0 saturated carbocycles. The van der Waals surface area contributed by atoms with Crippen LogP contribution in [0.25, 0.3) is 37.9 Å². The van der Waals surface area contributed by atoms with Crippen molar-refractivity contribution in [3.63, 3.8) is 0 Å². The first-order chi connectivity index (χ1) is 15.5. The van der Waals surface area contributed by atoms with E-state index >= 15 is 0 Å². The summed E-state index contributed by atoms with van der Waals surface area (Å²) in [7, 11) is 0. The summed E-state index contributed by atoms with van der Waals surface area (Å²) < 4.78 is 0. The summed E-state index contributed by atoms with van der Waals surface area (Å²) in [5.74, 6) is 0.138. The maximum Gasteiger partial charge on any atom is 0.290 e. The van der Waals surface area contributed by atoms with Crippen LogP contribution in [0.1, 0.15) is 30.9 Å². The molecule has 1 aliphatic rings. The molecule has 0 radical (unpaired) electrons. The van der Waals surface area contributed by atoms with Gasteiger partial charge in [-0.15, -0.1) is 11.3 Å². The van der Waals surface area contributed by atoms with Crippen LogP contribution < -0.4 is 5.32 Å². The van der Waals surface area contributed by atoms with E-state index in [1.165, 1.54) is 16.0 Å². The van der Waals surface area contributed by atoms with Crippen LogP contribution in [-0.4, -0.2) is 16.1 Å². The fourth-order valence-electron chi connectivity index (χ4n) is 3.73. The second kappa shape index (κ2) is 8.37. The van der Waals surface area contributed by atoms with Crippen molar-refractivity contribution >= 4 is 51.2 Å². The predicted octanol–water partition coefficient (Wildman–Crippen LogP) is 7.08. The van der Waals surface area contributed by atoms with Crippen molar-refractivity contribution in [2.24, 2.45) is 0 Å². The molecule has 4 nitrogen and oxygen atoms in total. The predicted molar refractivity (Wildman–Crippen MR) is 134 cm³/mol. The molecule has 32 heavy (non-hydrogen) atoms. The number of carbonyl (C=O) groups excluding carboxylic acids is 2. The smallest absolute Gasteiger partial charge is 0.282 e. The number of thioether (sulfide) groups is 1. The second-order valence-electron chi connectivity index (χ2n) is 7.93. The molecule has 2 amide bonds. The molecule has 0 aliphatic carbocycles. The number of rotatable bonds is 4. The van der Waals surface area contributed by atoms with Crippen LogP contribution in [0.2, 0.25) is 0 Å². The summed E-state index contributed by atoms with van der Waals surface area (Å²) in [6.45, 7) is 4.41. The number of nitrogens with one attached hydrogen (secondary N) is 1. The third-order valence-corrected chi connectivity index (χ3v) is 7.39. The van der Waals surface area contributed by atoms with Crippen molar-refractivity contribution in [1.29, 1.82) is 0 Å². The van der Waals surface area contributed by atoms with Gasteiger partial charge in [0.05, 0.1) is 10.4 Å². The summed E-state index contributed by atoms with van der Waals surface area (Å²) >= 11 is 2.68. The molecule has 3 heterocycles. The average Bonchev–Trinajstić information content (AvgIpc) is 3.40. The largest absolute Gasteiger partial charge is 0.290 e. The van der Waals surface area contributed by atoms with E-state index < -0.39 is 0 Å². The van der Waals surface area contributed by atoms with Gasteiger partial charge < -0.3 is 0 Å². The van der Waals surface area contributed by atoms with Crippen LogP contribution in [0.4, 0.5) is 4.79 Å². The molecule has 1 N–H and O–H groups in total. The lowest BCUT2D eigenvalue weighted by Gasteiger charge is -2.07. The van der Waals surface area contributed by atoms with Crippen molar-refractivity contribution in [2.45, 2.75) is 19.8 Å². The van der Waals surface area contributed by atoms with Crippen molar-refractivity contribution in [1.82, 2.24) is 10.3 Å². The molecule has 2 aromatic carbocycles. The monoisotopic (exact) mass is 456 g/mol. The van der Waals surface area contributed by atoms with Gasteiger partial charge >= 0.3 is 0 Å². The molecule has 1 aliphatic heterocycles. The number of imide groups is 1. The minimum absolute atomic E-state index is 0.336. The van der Waals surface area contributed by atoms with Gasteiger partial charge in [0.2, 0.25) is 0 Å². The molecule has 158 valence electrons. The van der Waals surface area contributed by atoms with Crippen molar-refractivity contribution in [3.8, 4) is 20.9 Å². The first kappa shape index (κ1) is 20.7. The number of pyridine rings is 1. The highest BCUT2D eigenvalue weighted by atomic mass is 32.2. The van der Waals surface area contributed by atoms with Gasteiger partial charge in [-0.05, 0) is 70.8 Å². The second-order valence-corrected chi connectivity index (χ2v) is 10.0. The molecule has 0 atom stereocenters. The highest BCUT2D eigenvalue weighted by Gasteiger charge is 2.25. The molecule has 4 aromatic rings. The van der Waals surface area contributed by atoms with E-state index in [2.05, 4.69) is 60.5 Å². The fourth-order valence-corrected chi connectivity index (χ4v) is 5.45. The molecule has 0 unspecified atom stereocenters. The molecule has 2 aromatic heterocycles. The number of fused-ring (bicyclic) bond motifs is 1. The van der Waals surface area contributed by atoms with E-state index in [1.807, 2.05) is 30.5 Å². The van der Waals surface area contributed by atoms with Gasteiger partial charge in [0.1, 0.15) is 0 Å². The number of amides is 2. The molecular formula is C26H20N2O2S2. The number of aromatic nitrogens is 1. The number of hydrogen-bond acceptors (Lipinski definition) is 5. The number of benzene rings is 2. The van der Waals surface area contributed by atoms with Gasteiger partial charge in [0, 0.05) is 26.9 Å². The Balaban J connectivity index is 1.55. The molecular weight excluding hydrogens is 436 g/mol. The van der Waals surface area contributed by atoms with Gasteiger partial charge in [-0.1, -0.05) is 44.2 Å². The van der Waals surface area contributed by atoms with Crippen LogP contribution >= 0.6 is 23.1 Å². The first-order valence-electron chi connectivity index (χ1n) is 10.3. The van der Waals surface area contributed by atoms with Crippen molar-refractivity contribution in [3.05, 3.63) is 82.9 Å². The molecule has 0 bridgehead atoms. The van der Waals surface area contributed by atoms with E-state index in [0.29, 0.717) is 10.8 Å². The standard InChI is InChI=1S/C26H20N2O2S2/c1-15(2)17-4-3-5-18(14-17)22-8-9-23(31-22)19-10-11-27-21-7-6-16(12-20(19)21)13-24-25(29)28-26(30)32-24/h3-15H,1-2H3,(H,28,29,30)/b24-13+. The first-order valence-corrected chi connectivity index (χ1v) is 12.0. The van der Waals surface area contributed by atoms with Crippen LogP contribution in [0.5, 0.6) is 0 Å². The Morgan fingerprint density at radius 2 is 1.81 bits per heavy atom. The fraction of sp³-hybridized carbons (Fsp3) is 0.115. The summed E-state index contributed by atoms with van der Waals surface area (Å²) in [6, 6.07) is 21.0. The normalized spacial score (nSPS) is 15.2. The van der Waals surface area contributed by atoms with E-state index in [4.69, 9.17) is 0 Å². The Kier molecular flexibility index (Phi) is 5.41. The highest BCUT2D eigenvalue weighted by Crippen LogP contribution is 2.38. The maximum atomic E-state index is 11.9. The summed E-state index contributed by atoms with van der Waals surface area (Å²) in [6.07, 6.45) is 3.58. The molecule has 1 saturated heterocycles. The Hall–Kier alpha value is -3.22. The third-order valence-electron chi connectivity index (χ3n) is 5.41. The lowest BCUT2D eigenvalue weighted by molar-refractivity contribution is -0.115. The zero-order valence-corrected chi connectivity index (χ0v) is 19.2. The zero-order valence-electron chi connectivity index (χ0n) is 17.6. The Morgan fingerprint density at radius 1 is 0.969 bits per heavy atom. The van der Waals surface area contributed by atoms with E-state index in [9.17, 15) is 9.59 Å². The average molecular weight is 457 g/mol. The third kappa shape index (κ3) is 3.99. The SMILES string of the molecule is CC(C)c1cccc(-c2ccc(-c3ccnc4ccc(/C=C5/SC(=O)NC5=O)cc34)s2)c1. The number of hydrogen-bond donors (Lipinski definition) is 1. The van der Waals surface area contributed by atoms with E-state index in [0.717, 1.165) is 38.7 Å². The number of nitrogens with zero attached hydrogens (tertiary/aromatic N) is 1.